The van der Waals surface area contributed by atoms with Crippen molar-refractivity contribution < 1.29 is 5.11 Å². The first-order chi connectivity index (χ1) is 10.2. The average molecular weight is 283 g/mol. The molecule has 1 unspecified atom stereocenters. The number of hydrogen-bond donors (Lipinski definition) is 2. The molecule has 0 saturated carbocycles. The van der Waals surface area contributed by atoms with Crippen LogP contribution in [0, 0.1) is 13.8 Å². The van der Waals surface area contributed by atoms with Crippen molar-refractivity contribution in [2.75, 3.05) is 6.61 Å². The lowest BCUT2D eigenvalue weighted by Gasteiger charge is -2.26. The maximum atomic E-state index is 9.53. The van der Waals surface area contributed by atoms with Crippen LogP contribution < -0.4 is 5.32 Å². The van der Waals surface area contributed by atoms with Crippen LogP contribution in [0.3, 0.4) is 0 Å². The second-order valence-electron chi connectivity index (χ2n) is 5.66. The number of hydrogen-bond acceptors (Lipinski definition) is 2. The molecule has 2 nitrogen and oxygen atoms in total. The van der Waals surface area contributed by atoms with E-state index >= 15 is 0 Å². The van der Waals surface area contributed by atoms with Gasteiger partial charge in [0.15, 0.2) is 0 Å². The van der Waals surface area contributed by atoms with Gasteiger partial charge in [0.2, 0.25) is 0 Å². The highest BCUT2D eigenvalue weighted by atomic mass is 16.3. The van der Waals surface area contributed by atoms with Crippen molar-refractivity contribution in [1.82, 2.24) is 5.32 Å². The molecule has 0 fully saturated rings. The number of nitrogens with one attached hydrogen (secondary N) is 1. The van der Waals surface area contributed by atoms with Crippen LogP contribution in [0.25, 0.3) is 0 Å². The molecule has 0 bridgehead atoms. The minimum absolute atomic E-state index is 0.107. The van der Waals surface area contributed by atoms with Crippen molar-refractivity contribution >= 4 is 0 Å². The molecular weight excluding hydrogens is 258 g/mol. The monoisotopic (exact) mass is 283 g/mol. The van der Waals surface area contributed by atoms with E-state index in [1.54, 1.807) is 0 Å². The zero-order valence-corrected chi connectivity index (χ0v) is 13.1. The molecule has 0 aliphatic rings. The van der Waals surface area contributed by atoms with E-state index in [1.807, 2.05) is 6.07 Å². The van der Waals surface area contributed by atoms with Crippen molar-refractivity contribution in [3.8, 4) is 0 Å². The summed E-state index contributed by atoms with van der Waals surface area (Å²) in [6, 6.07) is 17.2. The fraction of sp³-hybridized carbons (Fsp3) is 0.368. The standard InChI is InChI=1S/C19H25NO/c1-4-17(13-21)20-19(16-8-6-5-7-9-16)18-12-14(2)10-11-15(18)3/h5-12,17,19-21H,4,13H2,1-3H3/t17-,19?/m1/s1. The van der Waals surface area contributed by atoms with Gasteiger partial charge in [-0.2, -0.15) is 0 Å². The lowest BCUT2D eigenvalue weighted by atomic mass is 9.92. The normalized spacial score (nSPS) is 13.9. The van der Waals surface area contributed by atoms with Crippen LogP contribution in [0.2, 0.25) is 0 Å². The Kier molecular flexibility index (Phi) is 5.54. The van der Waals surface area contributed by atoms with E-state index in [2.05, 4.69) is 68.6 Å². The summed E-state index contributed by atoms with van der Waals surface area (Å²) >= 11 is 0. The number of aliphatic hydroxyl groups is 1. The Bertz CT molecular complexity index is 561. The first-order valence-electron chi connectivity index (χ1n) is 7.64. The van der Waals surface area contributed by atoms with Crippen LogP contribution in [-0.4, -0.2) is 17.8 Å². The second-order valence-corrected chi connectivity index (χ2v) is 5.66. The molecule has 0 aliphatic carbocycles. The number of aryl methyl sites for hydroxylation is 2. The quantitative estimate of drug-likeness (QED) is 0.846. The molecule has 21 heavy (non-hydrogen) atoms. The van der Waals surface area contributed by atoms with Crippen molar-refractivity contribution in [3.63, 3.8) is 0 Å². The van der Waals surface area contributed by atoms with Gasteiger partial charge in [-0.25, -0.2) is 0 Å². The van der Waals surface area contributed by atoms with Crippen LogP contribution in [0.5, 0.6) is 0 Å². The van der Waals surface area contributed by atoms with E-state index in [0.29, 0.717) is 0 Å². The molecule has 2 heteroatoms. The van der Waals surface area contributed by atoms with E-state index < -0.39 is 0 Å². The fourth-order valence-electron chi connectivity index (χ4n) is 2.62. The highest BCUT2D eigenvalue weighted by Gasteiger charge is 2.19. The van der Waals surface area contributed by atoms with Crippen molar-refractivity contribution in [2.45, 2.75) is 39.3 Å². The molecule has 2 aromatic rings. The van der Waals surface area contributed by atoms with Gasteiger partial charge in [-0.15, -0.1) is 0 Å². The van der Waals surface area contributed by atoms with Crippen molar-refractivity contribution in [2.24, 2.45) is 0 Å². The zero-order valence-electron chi connectivity index (χ0n) is 13.1. The predicted molar refractivity (Wildman–Crippen MR) is 88.5 cm³/mol. The van der Waals surface area contributed by atoms with Crippen LogP contribution >= 0.6 is 0 Å². The highest BCUT2D eigenvalue weighted by Crippen LogP contribution is 2.26. The molecule has 0 spiro atoms. The summed E-state index contributed by atoms with van der Waals surface area (Å²) in [4.78, 5) is 0. The van der Waals surface area contributed by atoms with Crippen LogP contribution in [0.1, 0.15) is 41.6 Å². The number of benzene rings is 2. The Morgan fingerprint density at radius 3 is 2.38 bits per heavy atom. The molecule has 0 radical (unpaired) electrons. The predicted octanol–water partition coefficient (Wildman–Crippen LogP) is 3.75. The van der Waals surface area contributed by atoms with Crippen LogP contribution in [0.4, 0.5) is 0 Å². The Morgan fingerprint density at radius 1 is 1.05 bits per heavy atom. The summed E-state index contributed by atoms with van der Waals surface area (Å²) in [5, 5.41) is 13.1. The molecule has 112 valence electrons. The largest absolute Gasteiger partial charge is 0.395 e. The van der Waals surface area contributed by atoms with Gasteiger partial charge in [-0.1, -0.05) is 61.0 Å². The van der Waals surface area contributed by atoms with Gasteiger partial charge in [0.25, 0.3) is 0 Å². The van der Waals surface area contributed by atoms with Gasteiger partial charge in [-0.3, -0.25) is 0 Å². The Morgan fingerprint density at radius 2 is 1.76 bits per heavy atom. The third-order valence-electron chi connectivity index (χ3n) is 3.99. The minimum Gasteiger partial charge on any atom is -0.395 e. The van der Waals surface area contributed by atoms with Crippen LogP contribution in [0.15, 0.2) is 48.5 Å². The van der Waals surface area contributed by atoms with Gasteiger partial charge >= 0.3 is 0 Å². The van der Waals surface area contributed by atoms with Gasteiger partial charge < -0.3 is 10.4 Å². The first-order valence-corrected chi connectivity index (χ1v) is 7.64. The highest BCUT2D eigenvalue weighted by molar-refractivity contribution is 5.39. The Labute approximate surface area is 127 Å². The lowest BCUT2D eigenvalue weighted by molar-refractivity contribution is 0.232. The van der Waals surface area contributed by atoms with E-state index in [1.165, 1.54) is 22.3 Å². The van der Waals surface area contributed by atoms with E-state index in [9.17, 15) is 5.11 Å². The maximum Gasteiger partial charge on any atom is 0.0584 e. The van der Waals surface area contributed by atoms with Gasteiger partial charge in [0.1, 0.15) is 0 Å². The van der Waals surface area contributed by atoms with Crippen LogP contribution in [-0.2, 0) is 0 Å². The number of aliphatic hydroxyl groups excluding tert-OH is 1. The molecule has 2 aromatic carbocycles. The lowest BCUT2D eigenvalue weighted by Crippen LogP contribution is -2.36. The average Bonchev–Trinajstić information content (AvgIpc) is 2.52. The van der Waals surface area contributed by atoms with Crippen molar-refractivity contribution in [3.05, 3.63) is 70.8 Å². The summed E-state index contributed by atoms with van der Waals surface area (Å²) in [7, 11) is 0. The van der Waals surface area contributed by atoms with Crippen molar-refractivity contribution in [1.29, 1.82) is 0 Å². The van der Waals surface area contributed by atoms with E-state index in [4.69, 9.17) is 0 Å². The number of rotatable bonds is 6. The summed E-state index contributed by atoms with van der Waals surface area (Å²) in [5.74, 6) is 0. The Hall–Kier alpha value is -1.64. The van der Waals surface area contributed by atoms with E-state index in [-0.39, 0.29) is 18.7 Å². The van der Waals surface area contributed by atoms with Gasteiger partial charge in [0, 0.05) is 6.04 Å². The third-order valence-corrected chi connectivity index (χ3v) is 3.99. The summed E-state index contributed by atoms with van der Waals surface area (Å²) in [5.41, 5.74) is 5.05. The summed E-state index contributed by atoms with van der Waals surface area (Å²) < 4.78 is 0. The molecule has 2 atom stereocenters. The molecule has 0 aliphatic heterocycles. The summed E-state index contributed by atoms with van der Waals surface area (Å²) in [6.07, 6.45) is 0.907. The van der Waals surface area contributed by atoms with Gasteiger partial charge in [0.05, 0.1) is 12.6 Å². The first kappa shape index (κ1) is 15.7. The molecular formula is C19H25NO. The molecule has 0 saturated heterocycles. The molecule has 0 heterocycles. The van der Waals surface area contributed by atoms with E-state index in [0.717, 1.165) is 6.42 Å². The minimum atomic E-state index is 0.107. The molecule has 0 aromatic heterocycles. The molecule has 0 amide bonds. The smallest absolute Gasteiger partial charge is 0.0584 e. The molecule has 2 rings (SSSR count). The summed E-state index contributed by atoms with van der Waals surface area (Å²) in [6.45, 7) is 6.52. The third kappa shape index (κ3) is 3.93. The SMILES string of the molecule is CC[C@H](CO)NC(c1ccccc1)c1cc(C)ccc1C. The maximum absolute atomic E-state index is 9.53. The topological polar surface area (TPSA) is 32.3 Å². The Balaban J connectivity index is 2.42. The molecule has 2 N–H and O–H groups in total. The van der Waals surface area contributed by atoms with Gasteiger partial charge in [-0.05, 0) is 37.0 Å². The second kappa shape index (κ2) is 7.39. The zero-order chi connectivity index (χ0) is 15.2. The fourth-order valence-corrected chi connectivity index (χ4v) is 2.62.